The normalized spacial score (nSPS) is 21.1. The second kappa shape index (κ2) is 6.88. The predicted molar refractivity (Wildman–Crippen MR) is 74.2 cm³/mol. The van der Waals surface area contributed by atoms with Crippen molar-refractivity contribution >= 4 is 0 Å². The lowest BCUT2D eigenvalue weighted by molar-refractivity contribution is 0.0872. The summed E-state index contributed by atoms with van der Waals surface area (Å²) >= 11 is 0. The van der Waals surface area contributed by atoms with Crippen LogP contribution in [0.1, 0.15) is 24.0 Å². The summed E-state index contributed by atoms with van der Waals surface area (Å²) in [5.41, 5.74) is 8.44. The molecular formula is C15H24N2O. The van der Waals surface area contributed by atoms with Crippen LogP contribution in [0.5, 0.6) is 0 Å². The standard InChI is InChI=1S/C15H24N2O/c1-18-12-13-5-4-8-17(10-13)11-15-7-3-2-6-14(15)9-16/h2-3,6-7,13H,4-5,8-12,16H2,1H3. The molecule has 0 aromatic heterocycles. The molecule has 0 amide bonds. The Balaban J connectivity index is 1.96. The Bertz CT molecular complexity index is 365. The fourth-order valence-electron chi connectivity index (χ4n) is 2.82. The summed E-state index contributed by atoms with van der Waals surface area (Å²) in [6.45, 7) is 4.88. The van der Waals surface area contributed by atoms with E-state index in [1.165, 1.54) is 30.5 Å². The second-order valence-corrected chi connectivity index (χ2v) is 5.17. The van der Waals surface area contributed by atoms with Gasteiger partial charge in [-0.05, 0) is 36.4 Å². The molecule has 0 saturated carbocycles. The first-order chi connectivity index (χ1) is 8.83. The minimum absolute atomic E-state index is 0.630. The number of rotatable bonds is 5. The average molecular weight is 248 g/mol. The summed E-state index contributed by atoms with van der Waals surface area (Å²) in [5.74, 6) is 0.689. The van der Waals surface area contributed by atoms with E-state index < -0.39 is 0 Å². The third-order valence-electron chi connectivity index (χ3n) is 3.74. The first-order valence-electron chi connectivity index (χ1n) is 6.81. The smallest absolute Gasteiger partial charge is 0.0502 e. The summed E-state index contributed by atoms with van der Waals surface area (Å²) in [6.07, 6.45) is 2.57. The molecule has 1 aromatic rings. The summed E-state index contributed by atoms with van der Waals surface area (Å²) in [5, 5.41) is 0. The molecule has 100 valence electrons. The van der Waals surface area contributed by atoms with Gasteiger partial charge in [0.2, 0.25) is 0 Å². The number of methoxy groups -OCH3 is 1. The number of piperidine rings is 1. The molecule has 1 atom stereocenters. The Morgan fingerprint density at radius 3 is 2.83 bits per heavy atom. The van der Waals surface area contributed by atoms with E-state index in [1.54, 1.807) is 7.11 Å². The predicted octanol–water partition coefficient (Wildman–Crippen LogP) is 2.00. The molecule has 3 nitrogen and oxygen atoms in total. The van der Waals surface area contributed by atoms with Gasteiger partial charge in [-0.25, -0.2) is 0 Å². The van der Waals surface area contributed by atoms with Gasteiger partial charge in [-0.3, -0.25) is 4.90 Å². The highest BCUT2D eigenvalue weighted by atomic mass is 16.5. The van der Waals surface area contributed by atoms with Crippen LogP contribution in [0.3, 0.4) is 0 Å². The number of likely N-dealkylation sites (tertiary alicyclic amines) is 1. The monoisotopic (exact) mass is 248 g/mol. The molecular weight excluding hydrogens is 224 g/mol. The largest absolute Gasteiger partial charge is 0.384 e. The average Bonchev–Trinajstić information content (AvgIpc) is 2.40. The van der Waals surface area contributed by atoms with Crippen molar-refractivity contribution in [2.75, 3.05) is 26.8 Å². The number of nitrogens with two attached hydrogens (primary N) is 1. The van der Waals surface area contributed by atoms with Crippen LogP contribution >= 0.6 is 0 Å². The molecule has 1 unspecified atom stereocenters. The number of nitrogens with zero attached hydrogens (tertiary/aromatic N) is 1. The zero-order valence-electron chi connectivity index (χ0n) is 11.3. The van der Waals surface area contributed by atoms with Gasteiger partial charge < -0.3 is 10.5 Å². The maximum absolute atomic E-state index is 5.79. The molecule has 3 heteroatoms. The third kappa shape index (κ3) is 3.55. The van der Waals surface area contributed by atoms with Crippen LogP contribution in [-0.2, 0) is 17.8 Å². The van der Waals surface area contributed by atoms with Crippen molar-refractivity contribution in [3.8, 4) is 0 Å². The van der Waals surface area contributed by atoms with Gasteiger partial charge in [-0.15, -0.1) is 0 Å². The Morgan fingerprint density at radius 1 is 1.33 bits per heavy atom. The topological polar surface area (TPSA) is 38.5 Å². The molecule has 0 spiro atoms. The van der Waals surface area contributed by atoms with Crippen molar-refractivity contribution < 1.29 is 4.74 Å². The Hall–Kier alpha value is -0.900. The van der Waals surface area contributed by atoms with E-state index in [4.69, 9.17) is 10.5 Å². The van der Waals surface area contributed by atoms with E-state index in [1.807, 2.05) is 0 Å². The highest BCUT2D eigenvalue weighted by Crippen LogP contribution is 2.20. The third-order valence-corrected chi connectivity index (χ3v) is 3.74. The molecule has 1 aliphatic rings. The lowest BCUT2D eigenvalue weighted by atomic mass is 9.98. The van der Waals surface area contributed by atoms with Gasteiger partial charge in [-0.1, -0.05) is 24.3 Å². The number of hydrogen-bond acceptors (Lipinski definition) is 3. The molecule has 1 fully saturated rings. The first kappa shape index (κ1) is 13.5. The summed E-state index contributed by atoms with van der Waals surface area (Å²) < 4.78 is 5.28. The number of hydrogen-bond donors (Lipinski definition) is 1. The lowest BCUT2D eigenvalue weighted by Gasteiger charge is -2.32. The summed E-state index contributed by atoms with van der Waals surface area (Å²) in [4.78, 5) is 2.53. The Labute approximate surface area is 110 Å². The van der Waals surface area contributed by atoms with Crippen LogP contribution in [0.25, 0.3) is 0 Å². The molecule has 1 saturated heterocycles. The van der Waals surface area contributed by atoms with Crippen LogP contribution in [0.2, 0.25) is 0 Å². The molecule has 1 aliphatic heterocycles. The van der Waals surface area contributed by atoms with Gasteiger partial charge in [0.25, 0.3) is 0 Å². The summed E-state index contributed by atoms with van der Waals surface area (Å²) in [6, 6.07) is 8.49. The van der Waals surface area contributed by atoms with Crippen molar-refractivity contribution in [2.24, 2.45) is 11.7 Å². The molecule has 2 N–H and O–H groups in total. The fourth-order valence-corrected chi connectivity index (χ4v) is 2.82. The maximum atomic E-state index is 5.79. The lowest BCUT2D eigenvalue weighted by Crippen LogP contribution is -2.36. The van der Waals surface area contributed by atoms with Crippen LogP contribution in [0.15, 0.2) is 24.3 Å². The SMILES string of the molecule is COCC1CCCN(Cc2ccccc2CN)C1. The van der Waals surface area contributed by atoms with Gasteiger partial charge >= 0.3 is 0 Å². The maximum Gasteiger partial charge on any atom is 0.0502 e. The molecule has 0 bridgehead atoms. The highest BCUT2D eigenvalue weighted by Gasteiger charge is 2.20. The van der Waals surface area contributed by atoms with Crippen molar-refractivity contribution in [1.82, 2.24) is 4.90 Å². The molecule has 0 aliphatic carbocycles. The first-order valence-corrected chi connectivity index (χ1v) is 6.81. The van der Waals surface area contributed by atoms with Gasteiger partial charge in [0, 0.05) is 26.7 Å². The van der Waals surface area contributed by atoms with Crippen molar-refractivity contribution in [3.05, 3.63) is 35.4 Å². The Kier molecular flexibility index (Phi) is 5.17. The van der Waals surface area contributed by atoms with Crippen LogP contribution in [0.4, 0.5) is 0 Å². The van der Waals surface area contributed by atoms with E-state index in [-0.39, 0.29) is 0 Å². The molecule has 0 radical (unpaired) electrons. The molecule has 18 heavy (non-hydrogen) atoms. The van der Waals surface area contributed by atoms with Crippen LogP contribution in [-0.4, -0.2) is 31.7 Å². The fraction of sp³-hybridized carbons (Fsp3) is 0.600. The van der Waals surface area contributed by atoms with E-state index >= 15 is 0 Å². The van der Waals surface area contributed by atoms with Crippen molar-refractivity contribution in [3.63, 3.8) is 0 Å². The zero-order valence-corrected chi connectivity index (χ0v) is 11.3. The quantitative estimate of drug-likeness (QED) is 0.866. The highest BCUT2D eigenvalue weighted by molar-refractivity contribution is 5.26. The zero-order chi connectivity index (χ0) is 12.8. The van der Waals surface area contributed by atoms with Crippen molar-refractivity contribution in [2.45, 2.75) is 25.9 Å². The summed E-state index contributed by atoms with van der Waals surface area (Å²) in [7, 11) is 1.79. The van der Waals surface area contributed by atoms with Crippen molar-refractivity contribution in [1.29, 1.82) is 0 Å². The van der Waals surface area contributed by atoms with E-state index in [2.05, 4.69) is 29.2 Å². The molecule has 1 heterocycles. The number of ether oxygens (including phenoxy) is 1. The minimum Gasteiger partial charge on any atom is -0.384 e. The molecule has 2 rings (SSSR count). The van der Waals surface area contributed by atoms with Gasteiger partial charge in [0.05, 0.1) is 6.61 Å². The number of benzene rings is 1. The molecule has 1 aromatic carbocycles. The van der Waals surface area contributed by atoms with Gasteiger partial charge in [0.15, 0.2) is 0 Å². The van der Waals surface area contributed by atoms with Gasteiger partial charge in [0.1, 0.15) is 0 Å². The Morgan fingerprint density at radius 2 is 2.11 bits per heavy atom. The second-order valence-electron chi connectivity index (χ2n) is 5.17. The van der Waals surface area contributed by atoms with E-state index in [0.717, 1.165) is 19.7 Å². The van der Waals surface area contributed by atoms with Crippen LogP contribution < -0.4 is 5.73 Å². The van der Waals surface area contributed by atoms with Gasteiger partial charge in [-0.2, -0.15) is 0 Å². The minimum atomic E-state index is 0.630. The van der Waals surface area contributed by atoms with E-state index in [0.29, 0.717) is 12.5 Å². The van der Waals surface area contributed by atoms with E-state index in [9.17, 15) is 0 Å². The van der Waals surface area contributed by atoms with Crippen LogP contribution in [0, 0.1) is 5.92 Å².